The minimum Gasteiger partial charge on any atom is -0.484 e. The Kier molecular flexibility index (Phi) is 6.84. The third-order valence-corrected chi connectivity index (χ3v) is 5.29. The number of hydrogen-bond acceptors (Lipinski definition) is 4. The first-order valence-corrected chi connectivity index (χ1v) is 10.6. The number of rotatable bonds is 10. The molecule has 0 spiro atoms. The maximum Gasteiger partial charge on any atom is 0.261 e. The van der Waals surface area contributed by atoms with Crippen molar-refractivity contribution >= 4 is 11.8 Å². The third kappa shape index (κ3) is 5.97. The van der Waals surface area contributed by atoms with Crippen LogP contribution < -0.4 is 4.74 Å². The highest BCUT2D eigenvalue weighted by molar-refractivity contribution is 5.86. The summed E-state index contributed by atoms with van der Waals surface area (Å²) in [6.45, 7) is 0.386. The van der Waals surface area contributed by atoms with E-state index < -0.39 is 0 Å². The van der Waals surface area contributed by atoms with Gasteiger partial charge in [0.1, 0.15) is 23.9 Å². The average Bonchev–Trinajstić information content (AvgIpc) is 3.52. The van der Waals surface area contributed by atoms with Gasteiger partial charge in [-0.25, -0.2) is 4.39 Å². The van der Waals surface area contributed by atoms with Crippen LogP contribution in [0.3, 0.4) is 0 Å². The molecule has 0 radical (unpaired) electrons. The van der Waals surface area contributed by atoms with Gasteiger partial charge in [-0.2, -0.15) is 0 Å². The van der Waals surface area contributed by atoms with Crippen molar-refractivity contribution in [3.63, 3.8) is 0 Å². The largest absolute Gasteiger partial charge is 0.484 e. The first-order valence-electron chi connectivity index (χ1n) is 10.6. The number of ether oxygens (including phenoxy) is 1. The SMILES string of the molecule is O=C(CN(C(=O)COc1ccccc1)C1CC1)N(Cc1ccc(F)cc1)Cc1ccco1. The molecule has 4 rings (SSSR count). The second-order valence-corrected chi connectivity index (χ2v) is 7.81. The minimum absolute atomic E-state index is 0.0381. The highest BCUT2D eigenvalue weighted by Crippen LogP contribution is 2.27. The maximum absolute atomic E-state index is 13.3. The van der Waals surface area contributed by atoms with Crippen LogP contribution in [0.25, 0.3) is 0 Å². The molecule has 2 amide bonds. The van der Waals surface area contributed by atoms with E-state index in [0.717, 1.165) is 18.4 Å². The van der Waals surface area contributed by atoms with Crippen LogP contribution in [0, 0.1) is 5.82 Å². The lowest BCUT2D eigenvalue weighted by atomic mass is 10.2. The topological polar surface area (TPSA) is 63.0 Å². The molecule has 0 saturated heterocycles. The Labute approximate surface area is 186 Å². The summed E-state index contributed by atoms with van der Waals surface area (Å²) >= 11 is 0. The van der Waals surface area contributed by atoms with E-state index in [1.54, 1.807) is 52.5 Å². The second-order valence-electron chi connectivity index (χ2n) is 7.81. The van der Waals surface area contributed by atoms with Crippen LogP contribution >= 0.6 is 0 Å². The van der Waals surface area contributed by atoms with Crippen molar-refractivity contribution in [1.82, 2.24) is 9.80 Å². The lowest BCUT2D eigenvalue weighted by Crippen LogP contribution is -2.45. The summed E-state index contributed by atoms with van der Waals surface area (Å²) in [6.07, 6.45) is 3.30. The molecular formula is C25H25FN2O4. The van der Waals surface area contributed by atoms with E-state index in [9.17, 15) is 14.0 Å². The van der Waals surface area contributed by atoms with E-state index in [2.05, 4.69) is 0 Å². The predicted octanol–water partition coefficient (Wildman–Crippen LogP) is 4.02. The monoisotopic (exact) mass is 436 g/mol. The Bertz CT molecular complexity index is 1020. The molecular weight excluding hydrogens is 411 g/mol. The predicted molar refractivity (Wildman–Crippen MR) is 116 cm³/mol. The van der Waals surface area contributed by atoms with Gasteiger partial charge in [-0.1, -0.05) is 30.3 Å². The number of furan rings is 1. The summed E-state index contributed by atoms with van der Waals surface area (Å²) in [5, 5.41) is 0. The standard InChI is InChI=1S/C25H25FN2O4/c26-20-10-8-19(9-11-20)15-27(16-23-7-4-14-31-23)24(29)17-28(21-12-13-21)25(30)18-32-22-5-2-1-3-6-22/h1-11,14,21H,12-13,15-18H2. The first kappa shape index (κ1) is 21.6. The van der Waals surface area contributed by atoms with Gasteiger partial charge in [-0.05, 0) is 54.8 Å². The molecule has 2 aromatic carbocycles. The fourth-order valence-electron chi connectivity index (χ4n) is 3.43. The fourth-order valence-corrected chi connectivity index (χ4v) is 3.43. The minimum atomic E-state index is -0.332. The summed E-state index contributed by atoms with van der Waals surface area (Å²) in [4.78, 5) is 29.3. The van der Waals surface area contributed by atoms with Gasteiger partial charge < -0.3 is 19.0 Å². The van der Waals surface area contributed by atoms with Crippen molar-refractivity contribution in [2.75, 3.05) is 13.2 Å². The summed E-state index contributed by atoms with van der Waals surface area (Å²) < 4.78 is 24.3. The fraction of sp³-hybridized carbons (Fsp3) is 0.280. The van der Waals surface area contributed by atoms with Crippen molar-refractivity contribution in [2.45, 2.75) is 32.0 Å². The zero-order chi connectivity index (χ0) is 22.3. The average molecular weight is 436 g/mol. The van der Waals surface area contributed by atoms with Crippen LogP contribution in [0.2, 0.25) is 0 Å². The molecule has 7 heteroatoms. The first-order chi connectivity index (χ1) is 15.6. The van der Waals surface area contributed by atoms with Crippen molar-refractivity contribution in [1.29, 1.82) is 0 Å². The van der Waals surface area contributed by atoms with Gasteiger partial charge >= 0.3 is 0 Å². The molecule has 1 heterocycles. The van der Waals surface area contributed by atoms with E-state index in [-0.39, 0.29) is 49.9 Å². The molecule has 0 atom stereocenters. The normalized spacial score (nSPS) is 12.9. The van der Waals surface area contributed by atoms with Gasteiger partial charge in [-0.3, -0.25) is 9.59 Å². The van der Waals surface area contributed by atoms with Crippen molar-refractivity contribution < 1.29 is 23.1 Å². The van der Waals surface area contributed by atoms with Crippen LogP contribution in [0.15, 0.2) is 77.4 Å². The molecule has 0 aliphatic heterocycles. The van der Waals surface area contributed by atoms with Gasteiger partial charge in [0.25, 0.3) is 5.91 Å². The molecule has 1 aliphatic rings. The van der Waals surface area contributed by atoms with Crippen LogP contribution in [0.5, 0.6) is 5.75 Å². The number of amides is 2. The number of halogens is 1. The lowest BCUT2D eigenvalue weighted by molar-refractivity contribution is -0.143. The van der Waals surface area contributed by atoms with Crippen molar-refractivity contribution in [2.24, 2.45) is 0 Å². The number of benzene rings is 2. The molecule has 32 heavy (non-hydrogen) atoms. The van der Waals surface area contributed by atoms with Crippen LogP contribution in [-0.4, -0.2) is 40.8 Å². The molecule has 1 aliphatic carbocycles. The molecule has 0 bridgehead atoms. The number of carbonyl (C=O) groups is 2. The van der Waals surface area contributed by atoms with Crippen molar-refractivity contribution in [3.8, 4) is 5.75 Å². The zero-order valence-corrected chi connectivity index (χ0v) is 17.7. The second kappa shape index (κ2) is 10.1. The molecule has 1 fully saturated rings. The lowest BCUT2D eigenvalue weighted by Gasteiger charge is -2.27. The van der Waals surface area contributed by atoms with Crippen LogP contribution in [-0.2, 0) is 22.7 Å². The van der Waals surface area contributed by atoms with E-state index in [1.807, 2.05) is 18.2 Å². The highest BCUT2D eigenvalue weighted by Gasteiger charge is 2.35. The van der Waals surface area contributed by atoms with Gasteiger partial charge in [0.15, 0.2) is 6.61 Å². The van der Waals surface area contributed by atoms with E-state index in [1.165, 1.54) is 12.1 Å². The van der Waals surface area contributed by atoms with Gasteiger partial charge in [0.05, 0.1) is 12.8 Å². The molecule has 3 aromatic rings. The Hall–Kier alpha value is -3.61. The van der Waals surface area contributed by atoms with Gasteiger partial charge in [0.2, 0.25) is 5.91 Å². The van der Waals surface area contributed by atoms with Crippen molar-refractivity contribution in [3.05, 3.63) is 90.1 Å². The van der Waals surface area contributed by atoms with Gasteiger partial charge in [0, 0.05) is 12.6 Å². The molecule has 0 unspecified atom stereocenters. The molecule has 1 aromatic heterocycles. The van der Waals surface area contributed by atoms with Crippen LogP contribution in [0.4, 0.5) is 4.39 Å². The Balaban J connectivity index is 1.43. The quantitative estimate of drug-likeness (QED) is 0.482. The number of para-hydroxylation sites is 1. The third-order valence-electron chi connectivity index (χ3n) is 5.29. The molecule has 166 valence electrons. The maximum atomic E-state index is 13.3. The smallest absolute Gasteiger partial charge is 0.261 e. The molecule has 0 N–H and O–H groups in total. The Morgan fingerprint density at radius 2 is 1.69 bits per heavy atom. The molecule has 6 nitrogen and oxygen atoms in total. The van der Waals surface area contributed by atoms with E-state index in [4.69, 9.17) is 9.15 Å². The van der Waals surface area contributed by atoms with Gasteiger partial charge in [-0.15, -0.1) is 0 Å². The number of nitrogens with zero attached hydrogens (tertiary/aromatic N) is 2. The van der Waals surface area contributed by atoms with Crippen LogP contribution in [0.1, 0.15) is 24.2 Å². The van der Waals surface area contributed by atoms with E-state index >= 15 is 0 Å². The number of hydrogen-bond donors (Lipinski definition) is 0. The summed E-state index contributed by atoms with van der Waals surface area (Å²) in [5.41, 5.74) is 0.794. The highest BCUT2D eigenvalue weighted by atomic mass is 19.1. The van der Waals surface area contributed by atoms with E-state index in [0.29, 0.717) is 11.5 Å². The summed E-state index contributed by atoms with van der Waals surface area (Å²) in [6, 6.07) is 18.8. The zero-order valence-electron chi connectivity index (χ0n) is 17.7. The Morgan fingerprint density at radius 1 is 0.938 bits per heavy atom. The molecule has 1 saturated carbocycles. The Morgan fingerprint density at radius 3 is 2.34 bits per heavy atom. The summed E-state index contributed by atoms with van der Waals surface area (Å²) in [5.74, 6) is 0.493. The summed E-state index contributed by atoms with van der Waals surface area (Å²) in [7, 11) is 0. The number of carbonyl (C=O) groups excluding carboxylic acids is 2.